The fourth-order valence-electron chi connectivity index (χ4n) is 2.71. The van der Waals surface area contributed by atoms with Crippen LogP contribution in [0.4, 0.5) is 5.69 Å². The summed E-state index contributed by atoms with van der Waals surface area (Å²) in [5, 5.41) is 2.83. The molecule has 1 saturated heterocycles. The Bertz CT molecular complexity index is 726. The number of nitrogens with zero attached hydrogens (tertiary/aromatic N) is 2. The Kier molecular flexibility index (Phi) is 5.08. The van der Waals surface area contributed by atoms with Crippen molar-refractivity contribution in [2.75, 3.05) is 38.5 Å². The molecule has 3 rings (SSSR count). The lowest BCUT2D eigenvalue weighted by atomic mass is 10.1. The zero-order valence-corrected chi connectivity index (χ0v) is 13.8. The van der Waals surface area contributed by atoms with Crippen LogP contribution in [-0.4, -0.2) is 53.9 Å². The molecule has 1 aromatic heterocycles. The molecule has 0 saturated carbocycles. The molecule has 126 valence electrons. The molecule has 6 heteroatoms. The summed E-state index contributed by atoms with van der Waals surface area (Å²) in [4.78, 5) is 30.4. The van der Waals surface area contributed by atoms with Crippen LogP contribution in [0.5, 0.6) is 0 Å². The van der Waals surface area contributed by atoms with E-state index in [-0.39, 0.29) is 11.5 Å². The van der Waals surface area contributed by atoms with Crippen molar-refractivity contribution in [3.63, 3.8) is 0 Å². The van der Waals surface area contributed by atoms with Gasteiger partial charge in [-0.1, -0.05) is 12.1 Å². The molecule has 0 spiro atoms. The minimum atomic E-state index is -0.238. The molecule has 0 unspecified atom stereocenters. The molecule has 1 fully saturated rings. The lowest BCUT2D eigenvalue weighted by Gasteiger charge is -2.32. The van der Waals surface area contributed by atoms with Crippen LogP contribution in [0.25, 0.3) is 0 Å². The Hall–Kier alpha value is -2.44. The standard InChI is InChI=1S/C18H22N4O2/c1-21-8-10-22(11-9-21)13-14-2-5-16(6-3-14)20-18(24)15-4-7-17(23)19-12-15/h2-7,12H,8-11,13H2,1H3,(H,19,23)(H,20,24). The summed E-state index contributed by atoms with van der Waals surface area (Å²) in [6.45, 7) is 5.31. The van der Waals surface area contributed by atoms with Gasteiger partial charge in [-0.3, -0.25) is 14.5 Å². The van der Waals surface area contributed by atoms with Crippen molar-refractivity contribution in [1.82, 2.24) is 14.8 Å². The van der Waals surface area contributed by atoms with Crippen LogP contribution in [0.1, 0.15) is 15.9 Å². The Morgan fingerprint density at radius 1 is 1.08 bits per heavy atom. The highest BCUT2D eigenvalue weighted by Crippen LogP contribution is 2.13. The molecule has 1 amide bonds. The number of aromatic nitrogens is 1. The predicted molar refractivity (Wildman–Crippen MR) is 94.2 cm³/mol. The number of carbonyl (C=O) groups is 1. The van der Waals surface area contributed by atoms with Gasteiger partial charge in [0.25, 0.3) is 5.91 Å². The quantitative estimate of drug-likeness (QED) is 0.890. The molecule has 0 aliphatic carbocycles. The fourth-order valence-corrected chi connectivity index (χ4v) is 2.71. The van der Waals surface area contributed by atoms with Crippen molar-refractivity contribution in [2.45, 2.75) is 6.54 Å². The number of rotatable bonds is 4. The third-order valence-electron chi connectivity index (χ3n) is 4.26. The van der Waals surface area contributed by atoms with E-state index in [0.29, 0.717) is 5.56 Å². The fraction of sp³-hybridized carbons (Fsp3) is 0.333. The first-order valence-corrected chi connectivity index (χ1v) is 8.10. The summed E-state index contributed by atoms with van der Waals surface area (Å²) in [7, 11) is 2.15. The van der Waals surface area contributed by atoms with Gasteiger partial charge in [-0.05, 0) is 30.8 Å². The normalized spacial score (nSPS) is 16.0. The van der Waals surface area contributed by atoms with Gasteiger partial charge >= 0.3 is 0 Å². The number of H-pyrrole nitrogens is 1. The highest BCUT2D eigenvalue weighted by atomic mass is 16.1. The average Bonchev–Trinajstić information content (AvgIpc) is 2.59. The topological polar surface area (TPSA) is 68.4 Å². The van der Waals surface area contributed by atoms with Crippen molar-refractivity contribution >= 4 is 11.6 Å². The summed E-state index contributed by atoms with van der Waals surface area (Å²) in [6, 6.07) is 10.8. The summed E-state index contributed by atoms with van der Waals surface area (Å²) in [5.41, 5.74) is 2.19. The highest BCUT2D eigenvalue weighted by Gasteiger charge is 2.13. The average molecular weight is 326 g/mol. The van der Waals surface area contributed by atoms with Crippen molar-refractivity contribution in [3.05, 3.63) is 64.1 Å². The third-order valence-corrected chi connectivity index (χ3v) is 4.26. The van der Waals surface area contributed by atoms with Crippen LogP contribution in [0.2, 0.25) is 0 Å². The van der Waals surface area contributed by atoms with Gasteiger partial charge in [-0.25, -0.2) is 0 Å². The third kappa shape index (κ3) is 4.31. The molecule has 24 heavy (non-hydrogen) atoms. The molecule has 1 aromatic carbocycles. The summed E-state index contributed by atoms with van der Waals surface area (Å²) in [6.07, 6.45) is 1.42. The van der Waals surface area contributed by atoms with E-state index in [4.69, 9.17) is 0 Å². The van der Waals surface area contributed by atoms with E-state index in [1.54, 1.807) is 0 Å². The first-order chi connectivity index (χ1) is 11.6. The summed E-state index contributed by atoms with van der Waals surface area (Å²) < 4.78 is 0. The van der Waals surface area contributed by atoms with Gasteiger partial charge in [0.2, 0.25) is 5.56 Å². The number of nitrogens with one attached hydrogen (secondary N) is 2. The Labute approximate surface area is 141 Å². The molecule has 2 heterocycles. The van der Waals surface area contributed by atoms with E-state index in [0.717, 1.165) is 38.4 Å². The maximum atomic E-state index is 12.1. The van der Waals surface area contributed by atoms with Gasteiger partial charge in [0.1, 0.15) is 0 Å². The Balaban J connectivity index is 1.57. The maximum Gasteiger partial charge on any atom is 0.257 e. The van der Waals surface area contributed by atoms with E-state index in [1.807, 2.05) is 24.3 Å². The SMILES string of the molecule is CN1CCN(Cc2ccc(NC(=O)c3ccc(=O)[nH]c3)cc2)CC1. The smallest absolute Gasteiger partial charge is 0.257 e. The van der Waals surface area contributed by atoms with Gasteiger partial charge in [-0.15, -0.1) is 0 Å². The minimum Gasteiger partial charge on any atom is -0.328 e. The van der Waals surface area contributed by atoms with Crippen molar-refractivity contribution < 1.29 is 4.79 Å². The molecule has 1 aliphatic heterocycles. The highest BCUT2D eigenvalue weighted by molar-refractivity contribution is 6.03. The molecular weight excluding hydrogens is 304 g/mol. The van der Waals surface area contributed by atoms with Crippen LogP contribution in [0.3, 0.4) is 0 Å². The number of pyridine rings is 1. The second-order valence-corrected chi connectivity index (χ2v) is 6.17. The zero-order valence-electron chi connectivity index (χ0n) is 13.8. The maximum absolute atomic E-state index is 12.1. The minimum absolute atomic E-state index is 0.222. The first kappa shape index (κ1) is 16.4. The summed E-state index contributed by atoms with van der Waals surface area (Å²) >= 11 is 0. The Morgan fingerprint density at radius 3 is 2.42 bits per heavy atom. The van der Waals surface area contributed by atoms with Gasteiger partial charge in [-0.2, -0.15) is 0 Å². The molecular formula is C18H22N4O2. The number of benzene rings is 1. The van der Waals surface area contributed by atoms with Crippen molar-refractivity contribution in [3.8, 4) is 0 Å². The lowest BCUT2D eigenvalue weighted by molar-refractivity contribution is 0.102. The second kappa shape index (κ2) is 7.42. The van der Waals surface area contributed by atoms with E-state index in [2.05, 4.69) is 27.1 Å². The number of hydrogen-bond acceptors (Lipinski definition) is 4. The molecule has 0 atom stereocenters. The van der Waals surface area contributed by atoms with Crippen molar-refractivity contribution in [1.29, 1.82) is 0 Å². The number of hydrogen-bond donors (Lipinski definition) is 2. The number of piperazine rings is 1. The molecule has 6 nitrogen and oxygen atoms in total. The van der Waals surface area contributed by atoms with Gasteiger partial charge < -0.3 is 15.2 Å². The van der Waals surface area contributed by atoms with Crippen LogP contribution in [0, 0.1) is 0 Å². The number of carbonyl (C=O) groups excluding carboxylic acids is 1. The zero-order chi connectivity index (χ0) is 16.9. The number of likely N-dealkylation sites (N-methyl/N-ethyl adjacent to an activating group) is 1. The number of anilines is 1. The second-order valence-electron chi connectivity index (χ2n) is 6.17. The molecule has 0 radical (unpaired) electrons. The van der Waals surface area contributed by atoms with Crippen molar-refractivity contribution in [2.24, 2.45) is 0 Å². The van der Waals surface area contributed by atoms with E-state index < -0.39 is 0 Å². The van der Waals surface area contributed by atoms with Gasteiger partial charge in [0, 0.05) is 50.7 Å². The largest absolute Gasteiger partial charge is 0.328 e. The first-order valence-electron chi connectivity index (χ1n) is 8.10. The lowest BCUT2D eigenvalue weighted by Crippen LogP contribution is -2.43. The Morgan fingerprint density at radius 2 is 1.79 bits per heavy atom. The molecule has 2 aromatic rings. The molecule has 1 aliphatic rings. The summed E-state index contributed by atoms with van der Waals surface area (Å²) in [5.74, 6) is -0.238. The molecule has 0 bridgehead atoms. The van der Waals surface area contributed by atoms with Crippen LogP contribution < -0.4 is 10.9 Å². The van der Waals surface area contributed by atoms with Gasteiger partial charge in [0.15, 0.2) is 0 Å². The van der Waals surface area contributed by atoms with E-state index >= 15 is 0 Å². The van der Waals surface area contributed by atoms with Crippen LogP contribution >= 0.6 is 0 Å². The molecule has 2 N–H and O–H groups in total. The van der Waals surface area contributed by atoms with Gasteiger partial charge in [0.05, 0.1) is 5.56 Å². The van der Waals surface area contributed by atoms with E-state index in [1.165, 1.54) is 23.9 Å². The number of amides is 1. The monoisotopic (exact) mass is 326 g/mol. The predicted octanol–water partition coefficient (Wildman–Crippen LogP) is 1.37. The van der Waals surface area contributed by atoms with Crippen LogP contribution in [0.15, 0.2) is 47.4 Å². The number of aromatic amines is 1. The van der Waals surface area contributed by atoms with E-state index in [9.17, 15) is 9.59 Å². The van der Waals surface area contributed by atoms with Crippen LogP contribution in [-0.2, 0) is 6.54 Å².